The highest BCUT2D eigenvalue weighted by Crippen LogP contribution is 2.40. The molecule has 0 amide bonds. The van der Waals surface area contributed by atoms with Crippen molar-refractivity contribution < 1.29 is 22.7 Å². The van der Waals surface area contributed by atoms with E-state index in [1.807, 2.05) is 6.07 Å². The van der Waals surface area contributed by atoms with Crippen molar-refractivity contribution in [3.63, 3.8) is 0 Å². The van der Waals surface area contributed by atoms with Crippen LogP contribution < -0.4 is 0 Å². The number of hydrogen-bond donors (Lipinski definition) is 0. The number of pyridine rings is 2. The second-order valence-corrected chi connectivity index (χ2v) is 10.7. The first-order valence-electron chi connectivity index (χ1n) is 13.0. The van der Waals surface area contributed by atoms with Crippen molar-refractivity contribution in [2.75, 3.05) is 13.2 Å². The molecule has 37 heavy (non-hydrogen) atoms. The van der Waals surface area contributed by atoms with Gasteiger partial charge < -0.3 is 4.74 Å². The topological polar surface area (TPSA) is 52.1 Å². The number of ether oxygens (including phenoxy) is 1. The third kappa shape index (κ3) is 5.47. The van der Waals surface area contributed by atoms with E-state index < -0.39 is 28.7 Å². The Hall–Kier alpha value is -3.06. The van der Waals surface area contributed by atoms with Crippen LogP contribution in [0.5, 0.6) is 0 Å². The average molecular weight is 509 g/mol. The Kier molecular flexibility index (Phi) is 7.43. The second kappa shape index (κ2) is 10.7. The summed E-state index contributed by atoms with van der Waals surface area (Å²) in [7, 11) is 0. The van der Waals surface area contributed by atoms with E-state index in [0.29, 0.717) is 43.0 Å². The van der Waals surface area contributed by atoms with Gasteiger partial charge in [-0.25, -0.2) is 18.2 Å². The molecule has 2 aliphatic rings. The lowest BCUT2D eigenvalue weighted by Gasteiger charge is -2.32. The molecule has 1 aliphatic carbocycles. The maximum atomic E-state index is 15.1. The molecule has 3 heterocycles. The molecule has 0 spiro atoms. The van der Waals surface area contributed by atoms with Gasteiger partial charge in [0, 0.05) is 31.3 Å². The van der Waals surface area contributed by atoms with E-state index in [2.05, 4.69) is 23.8 Å². The lowest BCUT2D eigenvalue weighted by atomic mass is 9.73. The van der Waals surface area contributed by atoms with Crippen LogP contribution >= 0.6 is 0 Å². The van der Waals surface area contributed by atoms with Crippen LogP contribution in [0.15, 0.2) is 42.7 Å². The summed E-state index contributed by atoms with van der Waals surface area (Å²) in [6.45, 7) is 5.44. The van der Waals surface area contributed by atoms with Crippen molar-refractivity contribution >= 4 is 5.78 Å². The number of halogens is 3. The SMILES string of the molecule is C[C@@H]1CC(c2ccncc2CC(=O)c2ccc(F)c(-c3c(F)cc(C4CCOC4)cc3F)n2)C[C@H](C)C1. The quantitative estimate of drug-likeness (QED) is 0.336. The number of ketones is 1. The smallest absolute Gasteiger partial charge is 0.185 e. The van der Waals surface area contributed by atoms with E-state index in [4.69, 9.17) is 4.74 Å². The molecule has 1 aliphatic heterocycles. The molecular weight excluding hydrogens is 477 g/mol. The lowest BCUT2D eigenvalue weighted by Crippen LogP contribution is -2.20. The largest absolute Gasteiger partial charge is 0.381 e. The first kappa shape index (κ1) is 25.6. The summed E-state index contributed by atoms with van der Waals surface area (Å²) in [5.41, 5.74) is 1.28. The molecule has 2 fully saturated rings. The zero-order valence-corrected chi connectivity index (χ0v) is 21.1. The van der Waals surface area contributed by atoms with Crippen molar-refractivity contribution in [2.45, 2.75) is 57.8 Å². The number of aromatic nitrogens is 2. The van der Waals surface area contributed by atoms with Crippen molar-refractivity contribution in [2.24, 2.45) is 11.8 Å². The minimum atomic E-state index is -0.909. The van der Waals surface area contributed by atoms with Crippen molar-refractivity contribution in [1.82, 2.24) is 9.97 Å². The van der Waals surface area contributed by atoms with Gasteiger partial charge in [0.15, 0.2) is 5.78 Å². The Morgan fingerprint density at radius 2 is 1.70 bits per heavy atom. The number of benzene rings is 1. The number of carbonyl (C=O) groups excluding carboxylic acids is 1. The first-order valence-corrected chi connectivity index (χ1v) is 13.0. The van der Waals surface area contributed by atoms with Crippen LogP contribution in [-0.2, 0) is 11.2 Å². The van der Waals surface area contributed by atoms with E-state index in [1.165, 1.54) is 24.6 Å². The fourth-order valence-corrected chi connectivity index (χ4v) is 6.07. The summed E-state index contributed by atoms with van der Waals surface area (Å²) in [4.78, 5) is 21.6. The van der Waals surface area contributed by atoms with E-state index in [0.717, 1.165) is 30.0 Å². The van der Waals surface area contributed by atoms with Gasteiger partial charge in [-0.15, -0.1) is 0 Å². The van der Waals surface area contributed by atoms with Crippen LogP contribution in [0.2, 0.25) is 0 Å². The predicted octanol–water partition coefficient (Wildman–Crippen LogP) is 7.03. The Labute approximate surface area is 215 Å². The molecule has 1 aromatic carbocycles. The monoisotopic (exact) mass is 508 g/mol. The standard InChI is InChI=1S/C30H31F3N2O2/c1-17-9-18(2)11-21(10-17)23-5-7-34-15-22(23)14-28(36)27-4-3-24(31)30(35-27)29-25(32)12-20(13-26(29)33)19-6-8-37-16-19/h3-5,7,12-13,15,17-19,21H,6,8-11,14,16H2,1-2H3/t17-,18+,19?,21?. The molecule has 0 bridgehead atoms. The highest BCUT2D eigenvalue weighted by molar-refractivity contribution is 5.96. The Morgan fingerprint density at radius 3 is 2.38 bits per heavy atom. The molecule has 194 valence electrons. The molecule has 5 rings (SSSR count). The normalized spacial score (nSPS) is 23.8. The van der Waals surface area contributed by atoms with Crippen LogP contribution in [0.1, 0.15) is 78.5 Å². The lowest BCUT2D eigenvalue weighted by molar-refractivity contribution is 0.0987. The highest BCUT2D eigenvalue weighted by atomic mass is 19.1. The van der Waals surface area contributed by atoms with E-state index in [9.17, 15) is 9.18 Å². The second-order valence-electron chi connectivity index (χ2n) is 10.7. The van der Waals surface area contributed by atoms with Gasteiger partial charge in [-0.05, 0) is 90.5 Å². The van der Waals surface area contributed by atoms with Gasteiger partial charge in [0.2, 0.25) is 0 Å². The zero-order valence-electron chi connectivity index (χ0n) is 21.1. The number of Topliss-reactive ketones (excluding diaryl/α,β-unsaturated/α-hetero) is 1. The Bertz CT molecular complexity index is 1270. The summed E-state index contributed by atoms with van der Waals surface area (Å²) < 4.78 is 50.2. The first-order chi connectivity index (χ1) is 17.8. The van der Waals surface area contributed by atoms with Crippen LogP contribution in [-0.4, -0.2) is 29.0 Å². The average Bonchev–Trinajstić information content (AvgIpc) is 3.39. The fraction of sp³-hybridized carbons (Fsp3) is 0.433. The van der Waals surface area contributed by atoms with Gasteiger partial charge in [-0.2, -0.15) is 0 Å². The molecule has 4 nitrogen and oxygen atoms in total. The highest BCUT2D eigenvalue weighted by Gasteiger charge is 2.28. The van der Waals surface area contributed by atoms with Crippen LogP contribution in [0.4, 0.5) is 13.2 Å². The number of carbonyl (C=O) groups is 1. The Morgan fingerprint density at radius 1 is 0.973 bits per heavy atom. The molecule has 0 N–H and O–H groups in total. The van der Waals surface area contributed by atoms with E-state index in [-0.39, 0.29) is 23.8 Å². The molecule has 1 saturated carbocycles. The molecule has 4 atom stereocenters. The van der Waals surface area contributed by atoms with Crippen LogP contribution in [0.3, 0.4) is 0 Å². The summed E-state index contributed by atoms with van der Waals surface area (Å²) in [5, 5.41) is 0. The molecule has 3 aromatic rings. The molecular formula is C30H31F3N2O2. The van der Waals surface area contributed by atoms with Gasteiger partial charge in [-0.3, -0.25) is 9.78 Å². The maximum absolute atomic E-state index is 15.1. The van der Waals surface area contributed by atoms with Crippen LogP contribution in [0, 0.1) is 29.3 Å². The minimum absolute atomic E-state index is 0.0338. The fourth-order valence-electron chi connectivity index (χ4n) is 6.07. The molecule has 2 aromatic heterocycles. The molecule has 7 heteroatoms. The number of hydrogen-bond acceptors (Lipinski definition) is 4. The number of nitrogens with zero attached hydrogens (tertiary/aromatic N) is 2. The van der Waals surface area contributed by atoms with Gasteiger partial charge in [0.1, 0.15) is 28.8 Å². The summed E-state index contributed by atoms with van der Waals surface area (Å²) >= 11 is 0. The molecule has 2 unspecified atom stereocenters. The van der Waals surface area contributed by atoms with Gasteiger partial charge >= 0.3 is 0 Å². The van der Waals surface area contributed by atoms with Gasteiger partial charge in [0.25, 0.3) is 0 Å². The summed E-state index contributed by atoms with van der Waals surface area (Å²) in [5.74, 6) is -1.62. The predicted molar refractivity (Wildman–Crippen MR) is 135 cm³/mol. The Balaban J connectivity index is 1.42. The van der Waals surface area contributed by atoms with Gasteiger partial charge in [-0.1, -0.05) is 13.8 Å². The van der Waals surface area contributed by atoms with Crippen molar-refractivity contribution in [3.05, 3.63) is 82.6 Å². The van der Waals surface area contributed by atoms with Crippen molar-refractivity contribution in [3.8, 4) is 11.3 Å². The summed E-state index contributed by atoms with van der Waals surface area (Å²) in [6, 6.07) is 6.70. The minimum Gasteiger partial charge on any atom is -0.381 e. The molecule has 0 radical (unpaired) electrons. The van der Waals surface area contributed by atoms with E-state index >= 15 is 8.78 Å². The number of rotatable bonds is 6. The maximum Gasteiger partial charge on any atom is 0.185 e. The van der Waals surface area contributed by atoms with Crippen molar-refractivity contribution in [1.29, 1.82) is 0 Å². The van der Waals surface area contributed by atoms with Gasteiger partial charge in [0.05, 0.1) is 12.2 Å². The zero-order chi connectivity index (χ0) is 26.1. The van der Waals surface area contributed by atoms with Crippen LogP contribution in [0.25, 0.3) is 11.3 Å². The molecule has 1 saturated heterocycles. The third-order valence-corrected chi connectivity index (χ3v) is 7.74. The third-order valence-electron chi connectivity index (χ3n) is 7.74. The summed E-state index contributed by atoms with van der Waals surface area (Å²) in [6.07, 6.45) is 7.45. The van der Waals surface area contributed by atoms with E-state index in [1.54, 1.807) is 12.4 Å².